The Labute approximate surface area is 173 Å². The third kappa shape index (κ3) is 3.94. The average molecular weight is 432 g/mol. The van der Waals surface area contributed by atoms with Gasteiger partial charge >= 0.3 is 0 Å². The van der Waals surface area contributed by atoms with E-state index < -0.39 is 26.9 Å². The summed E-state index contributed by atoms with van der Waals surface area (Å²) in [7, 11) is -3.79. The van der Waals surface area contributed by atoms with Crippen LogP contribution in [-0.2, 0) is 10.0 Å². The molecule has 0 bridgehead atoms. The molecule has 1 aromatic heterocycles. The largest absolute Gasteiger partial charge is 0.368 e. The molecule has 6 nitrogen and oxygen atoms in total. The molecule has 0 aliphatic heterocycles. The highest BCUT2D eigenvalue weighted by atomic mass is 32.2. The first kappa shape index (κ1) is 20.5. The van der Waals surface area contributed by atoms with Gasteiger partial charge in [0.2, 0.25) is 16.0 Å². The number of halogens is 2. The van der Waals surface area contributed by atoms with Gasteiger partial charge in [0.15, 0.2) is 5.82 Å². The Bertz CT molecular complexity index is 1220. The highest BCUT2D eigenvalue weighted by Gasteiger charge is 2.31. The van der Waals surface area contributed by atoms with Gasteiger partial charge in [-0.25, -0.2) is 27.2 Å². The maximum atomic E-state index is 15.2. The molecule has 2 aromatic carbocycles. The summed E-state index contributed by atoms with van der Waals surface area (Å²) >= 11 is 0. The van der Waals surface area contributed by atoms with Crippen LogP contribution >= 0.6 is 0 Å². The monoisotopic (exact) mass is 432 g/mol. The van der Waals surface area contributed by atoms with E-state index in [4.69, 9.17) is 5.73 Å². The number of benzene rings is 2. The lowest BCUT2D eigenvalue weighted by molar-refractivity contribution is 0.383. The predicted molar refractivity (Wildman–Crippen MR) is 113 cm³/mol. The van der Waals surface area contributed by atoms with E-state index in [9.17, 15) is 12.8 Å². The van der Waals surface area contributed by atoms with Crippen molar-refractivity contribution in [1.29, 1.82) is 0 Å². The Morgan fingerprint density at radius 2 is 1.97 bits per heavy atom. The fraction of sp³-hybridized carbons (Fsp3) is 0.333. The van der Waals surface area contributed by atoms with E-state index in [0.717, 1.165) is 25.0 Å². The molecule has 1 aliphatic carbocycles. The standard InChI is InChI=1S/C21H22F2N4O2S/c1-12-3-2-4-15(9-12)30(28,29)27-18-8-6-16(22)19(20(18)23)13-5-7-17-14(10-13)11-25-21(24)26-17/h5-8,10-12,15,27H,2-4,9H2,1H3,(H2,24,25,26). The van der Waals surface area contributed by atoms with Crippen LogP contribution in [0, 0.1) is 17.6 Å². The van der Waals surface area contributed by atoms with Gasteiger partial charge in [-0.1, -0.05) is 25.8 Å². The van der Waals surface area contributed by atoms with Gasteiger partial charge in [0.1, 0.15) is 5.82 Å². The molecular weight excluding hydrogens is 410 g/mol. The van der Waals surface area contributed by atoms with Crippen LogP contribution in [-0.4, -0.2) is 23.6 Å². The molecule has 0 radical (unpaired) electrons. The SMILES string of the molecule is CC1CCCC(S(=O)(=O)Nc2ccc(F)c(-c3ccc4nc(N)ncc4c3)c2F)C1. The lowest BCUT2D eigenvalue weighted by Crippen LogP contribution is -2.32. The summed E-state index contributed by atoms with van der Waals surface area (Å²) in [5.41, 5.74) is 5.77. The molecule has 158 valence electrons. The Hall–Kier alpha value is -2.81. The topological polar surface area (TPSA) is 98.0 Å². The fourth-order valence-electron chi connectivity index (χ4n) is 4.00. The summed E-state index contributed by atoms with van der Waals surface area (Å²) in [5, 5.41) is -0.0277. The molecule has 0 amide bonds. The zero-order chi connectivity index (χ0) is 21.5. The van der Waals surface area contributed by atoms with E-state index in [1.807, 2.05) is 6.92 Å². The number of nitrogens with one attached hydrogen (secondary N) is 1. The van der Waals surface area contributed by atoms with E-state index in [2.05, 4.69) is 14.7 Å². The van der Waals surface area contributed by atoms with Crippen molar-refractivity contribution < 1.29 is 17.2 Å². The van der Waals surface area contributed by atoms with Crippen molar-refractivity contribution in [2.75, 3.05) is 10.5 Å². The number of fused-ring (bicyclic) bond motifs is 1. The van der Waals surface area contributed by atoms with Gasteiger partial charge in [-0.15, -0.1) is 0 Å². The van der Waals surface area contributed by atoms with Crippen LogP contribution in [0.4, 0.5) is 20.4 Å². The lowest BCUT2D eigenvalue weighted by Gasteiger charge is -2.27. The molecule has 9 heteroatoms. The molecule has 1 fully saturated rings. The number of nitrogens with two attached hydrogens (primary N) is 1. The van der Waals surface area contributed by atoms with Gasteiger partial charge in [0, 0.05) is 11.6 Å². The van der Waals surface area contributed by atoms with Crippen LogP contribution in [0.3, 0.4) is 0 Å². The van der Waals surface area contributed by atoms with Gasteiger partial charge in [0.25, 0.3) is 0 Å². The Morgan fingerprint density at radius 3 is 2.73 bits per heavy atom. The van der Waals surface area contributed by atoms with E-state index in [1.54, 1.807) is 6.07 Å². The highest BCUT2D eigenvalue weighted by molar-refractivity contribution is 7.93. The minimum absolute atomic E-state index is 0.0982. The number of hydrogen-bond acceptors (Lipinski definition) is 5. The van der Waals surface area contributed by atoms with Crippen molar-refractivity contribution in [3.63, 3.8) is 0 Å². The molecule has 0 spiro atoms. The molecule has 4 rings (SSSR count). The first-order chi connectivity index (χ1) is 14.2. The third-order valence-electron chi connectivity index (χ3n) is 5.56. The quantitative estimate of drug-likeness (QED) is 0.634. The van der Waals surface area contributed by atoms with Gasteiger partial charge in [-0.3, -0.25) is 4.72 Å². The highest BCUT2D eigenvalue weighted by Crippen LogP contribution is 2.34. The van der Waals surface area contributed by atoms with Crippen LogP contribution in [0.15, 0.2) is 36.5 Å². The molecule has 2 atom stereocenters. The normalized spacial score (nSPS) is 19.7. The zero-order valence-electron chi connectivity index (χ0n) is 16.4. The number of hydrogen-bond donors (Lipinski definition) is 2. The van der Waals surface area contributed by atoms with Crippen LogP contribution in [0.1, 0.15) is 32.6 Å². The summed E-state index contributed by atoms with van der Waals surface area (Å²) in [6, 6.07) is 6.81. The van der Waals surface area contributed by atoms with Crippen LogP contribution in [0.25, 0.3) is 22.0 Å². The summed E-state index contributed by atoms with van der Waals surface area (Å²) in [6.45, 7) is 2.01. The molecule has 3 N–H and O–H groups in total. The fourth-order valence-corrected chi connectivity index (χ4v) is 5.69. The average Bonchev–Trinajstić information content (AvgIpc) is 2.70. The van der Waals surface area contributed by atoms with Crippen molar-refractivity contribution in [3.05, 3.63) is 48.2 Å². The van der Waals surface area contributed by atoms with Crippen molar-refractivity contribution in [3.8, 4) is 11.1 Å². The second-order valence-electron chi connectivity index (χ2n) is 7.83. The van der Waals surface area contributed by atoms with Crippen LogP contribution < -0.4 is 10.5 Å². The second kappa shape index (κ2) is 7.79. The molecule has 30 heavy (non-hydrogen) atoms. The first-order valence-electron chi connectivity index (χ1n) is 9.77. The summed E-state index contributed by atoms with van der Waals surface area (Å²) in [5.74, 6) is -1.36. The first-order valence-corrected chi connectivity index (χ1v) is 11.3. The zero-order valence-corrected chi connectivity index (χ0v) is 17.2. The van der Waals surface area contributed by atoms with E-state index in [0.29, 0.717) is 29.7 Å². The lowest BCUT2D eigenvalue weighted by atomic mass is 9.91. The Morgan fingerprint density at radius 1 is 1.17 bits per heavy atom. The molecular formula is C21H22F2N4O2S. The molecule has 1 aliphatic rings. The van der Waals surface area contributed by atoms with Gasteiger partial charge in [-0.2, -0.15) is 0 Å². The Kier molecular flexibility index (Phi) is 5.31. The van der Waals surface area contributed by atoms with Crippen LogP contribution in [0.5, 0.6) is 0 Å². The van der Waals surface area contributed by atoms with Crippen molar-refractivity contribution in [2.45, 2.75) is 37.9 Å². The van der Waals surface area contributed by atoms with Crippen molar-refractivity contribution >= 4 is 32.6 Å². The Balaban J connectivity index is 1.71. The summed E-state index contributed by atoms with van der Waals surface area (Å²) in [6.07, 6.45) is 4.32. The van der Waals surface area contributed by atoms with E-state index in [-0.39, 0.29) is 22.8 Å². The number of nitrogens with zero attached hydrogens (tertiary/aromatic N) is 2. The molecule has 3 aromatic rings. The minimum atomic E-state index is -3.79. The van der Waals surface area contributed by atoms with Crippen LogP contribution in [0.2, 0.25) is 0 Å². The molecule has 1 saturated carbocycles. The molecule has 1 heterocycles. The smallest absolute Gasteiger partial charge is 0.235 e. The molecule has 2 unspecified atom stereocenters. The van der Waals surface area contributed by atoms with E-state index in [1.165, 1.54) is 18.3 Å². The number of rotatable bonds is 4. The van der Waals surface area contributed by atoms with E-state index >= 15 is 4.39 Å². The van der Waals surface area contributed by atoms with Gasteiger partial charge < -0.3 is 5.73 Å². The van der Waals surface area contributed by atoms with Crippen molar-refractivity contribution in [2.24, 2.45) is 5.92 Å². The summed E-state index contributed by atoms with van der Waals surface area (Å²) < 4.78 is 57.7. The van der Waals surface area contributed by atoms with Gasteiger partial charge in [0.05, 0.1) is 22.0 Å². The second-order valence-corrected chi connectivity index (χ2v) is 9.79. The van der Waals surface area contributed by atoms with Crippen molar-refractivity contribution in [1.82, 2.24) is 9.97 Å². The predicted octanol–water partition coefficient (Wildman–Crippen LogP) is 4.48. The number of aromatic nitrogens is 2. The number of anilines is 2. The number of sulfonamides is 1. The number of nitrogen functional groups attached to an aromatic ring is 1. The summed E-state index contributed by atoms with van der Waals surface area (Å²) in [4.78, 5) is 7.96. The maximum Gasteiger partial charge on any atom is 0.235 e. The third-order valence-corrected chi connectivity index (χ3v) is 7.37. The van der Waals surface area contributed by atoms with Gasteiger partial charge in [-0.05, 0) is 48.6 Å². The minimum Gasteiger partial charge on any atom is -0.368 e. The maximum absolute atomic E-state index is 15.2. The molecule has 0 saturated heterocycles.